The summed E-state index contributed by atoms with van der Waals surface area (Å²) in [6, 6.07) is 1.98. The number of aromatic nitrogens is 2. The summed E-state index contributed by atoms with van der Waals surface area (Å²) in [4.78, 5) is 24.2. The molecule has 0 saturated carbocycles. The molecule has 0 spiro atoms. The second-order valence-electron chi connectivity index (χ2n) is 5.78. The first-order valence-electron chi connectivity index (χ1n) is 6.94. The van der Waals surface area contributed by atoms with E-state index < -0.39 is 11.6 Å². The van der Waals surface area contributed by atoms with Crippen molar-refractivity contribution >= 4 is 11.9 Å². The average Bonchev–Trinajstić information content (AvgIpc) is 2.68. The van der Waals surface area contributed by atoms with Crippen molar-refractivity contribution in [1.29, 1.82) is 0 Å². The van der Waals surface area contributed by atoms with Crippen LogP contribution in [0.25, 0.3) is 0 Å². The van der Waals surface area contributed by atoms with E-state index in [0.717, 1.165) is 11.4 Å². The highest BCUT2D eigenvalue weighted by Crippen LogP contribution is 2.25. The third-order valence-corrected chi connectivity index (χ3v) is 3.59. The fourth-order valence-electron chi connectivity index (χ4n) is 2.53. The smallest absolute Gasteiger partial charge is 0.329 e. The molecule has 2 rings (SSSR count). The second-order valence-corrected chi connectivity index (χ2v) is 5.78. The summed E-state index contributed by atoms with van der Waals surface area (Å²) >= 11 is 0. The Balaban J connectivity index is 1.76. The molecule has 0 bridgehead atoms. The van der Waals surface area contributed by atoms with Gasteiger partial charge < -0.3 is 14.7 Å². The van der Waals surface area contributed by atoms with Gasteiger partial charge in [-0.05, 0) is 26.8 Å². The van der Waals surface area contributed by atoms with Crippen molar-refractivity contribution in [2.45, 2.75) is 39.3 Å². The third-order valence-electron chi connectivity index (χ3n) is 3.59. The van der Waals surface area contributed by atoms with Gasteiger partial charge in [0, 0.05) is 18.7 Å². The van der Waals surface area contributed by atoms with Crippen LogP contribution in [0.2, 0.25) is 0 Å². The van der Waals surface area contributed by atoms with Crippen LogP contribution in [-0.2, 0) is 20.9 Å². The Bertz CT molecular complexity index is 546. The minimum atomic E-state index is -0.995. The summed E-state index contributed by atoms with van der Waals surface area (Å²) in [5.41, 5.74) is 1.45. The lowest BCUT2D eigenvalue weighted by Crippen LogP contribution is -2.63. The van der Waals surface area contributed by atoms with Crippen LogP contribution >= 0.6 is 0 Å². The monoisotopic (exact) mass is 295 g/mol. The molecule has 0 unspecified atom stereocenters. The van der Waals surface area contributed by atoms with E-state index in [2.05, 4.69) is 5.10 Å². The lowest BCUT2D eigenvalue weighted by molar-refractivity contribution is -0.173. The van der Waals surface area contributed by atoms with Gasteiger partial charge in [0.2, 0.25) is 5.91 Å². The fourth-order valence-corrected chi connectivity index (χ4v) is 2.53. The maximum atomic E-state index is 12.1. The van der Waals surface area contributed by atoms with Gasteiger partial charge in [0.25, 0.3) is 0 Å². The number of carbonyl (C=O) groups excluding carboxylic acids is 1. The Morgan fingerprint density at radius 2 is 2.10 bits per heavy atom. The largest absolute Gasteiger partial charge is 0.480 e. The SMILES string of the molecule is Cc1cc(C)n(CCC(=O)N2CC(C)(OCC(=O)O)C2)n1. The van der Waals surface area contributed by atoms with E-state index >= 15 is 0 Å². The molecule has 1 fully saturated rings. The van der Waals surface area contributed by atoms with E-state index in [4.69, 9.17) is 9.84 Å². The number of carboxylic acid groups (broad SMARTS) is 1. The van der Waals surface area contributed by atoms with Crippen LogP contribution in [0.4, 0.5) is 0 Å². The first-order chi connectivity index (χ1) is 9.79. The predicted molar refractivity (Wildman–Crippen MR) is 74.9 cm³/mol. The summed E-state index contributed by atoms with van der Waals surface area (Å²) in [6.07, 6.45) is 0.386. The van der Waals surface area contributed by atoms with E-state index in [1.54, 1.807) is 4.90 Å². The molecule has 116 valence electrons. The van der Waals surface area contributed by atoms with Crippen LogP contribution in [0, 0.1) is 13.8 Å². The zero-order valence-corrected chi connectivity index (χ0v) is 12.6. The minimum absolute atomic E-state index is 0.0407. The number of likely N-dealkylation sites (tertiary alicyclic amines) is 1. The Kier molecular flexibility index (Phi) is 4.32. The zero-order valence-electron chi connectivity index (χ0n) is 12.6. The Labute approximate surface area is 123 Å². The number of carboxylic acids is 1. The van der Waals surface area contributed by atoms with Crippen LogP contribution in [0.3, 0.4) is 0 Å². The van der Waals surface area contributed by atoms with Crippen molar-refractivity contribution in [3.8, 4) is 0 Å². The molecule has 1 aromatic heterocycles. The second kappa shape index (κ2) is 5.85. The standard InChI is InChI=1S/C14H21N3O4/c1-10-6-11(2)17(15-10)5-4-12(18)16-8-14(3,9-16)21-7-13(19)20/h6H,4-5,7-9H2,1-3H3,(H,19,20). The highest BCUT2D eigenvalue weighted by molar-refractivity contribution is 5.77. The Hall–Kier alpha value is -1.89. The predicted octanol–water partition coefficient (Wildman–Crippen LogP) is 0.592. The molecule has 0 aliphatic carbocycles. The van der Waals surface area contributed by atoms with E-state index in [1.165, 1.54) is 0 Å². The van der Waals surface area contributed by atoms with Crippen LogP contribution in [-0.4, -0.2) is 57.0 Å². The number of hydrogen-bond donors (Lipinski definition) is 1. The molecule has 7 heteroatoms. The van der Waals surface area contributed by atoms with E-state index in [0.29, 0.717) is 26.1 Å². The van der Waals surface area contributed by atoms with Gasteiger partial charge in [-0.3, -0.25) is 9.48 Å². The Morgan fingerprint density at radius 1 is 1.43 bits per heavy atom. The van der Waals surface area contributed by atoms with Crippen LogP contribution in [0.1, 0.15) is 24.7 Å². The lowest BCUT2D eigenvalue weighted by atomic mass is 9.96. The van der Waals surface area contributed by atoms with Crippen molar-refractivity contribution in [1.82, 2.24) is 14.7 Å². The van der Waals surface area contributed by atoms with Crippen LogP contribution in [0.5, 0.6) is 0 Å². The number of ether oxygens (including phenoxy) is 1. The van der Waals surface area contributed by atoms with E-state index in [1.807, 2.05) is 31.5 Å². The van der Waals surface area contributed by atoms with Crippen molar-refractivity contribution < 1.29 is 19.4 Å². The van der Waals surface area contributed by atoms with Crippen molar-refractivity contribution in [3.63, 3.8) is 0 Å². The molecule has 2 heterocycles. The normalized spacial score (nSPS) is 16.6. The molecular weight excluding hydrogens is 274 g/mol. The highest BCUT2D eigenvalue weighted by Gasteiger charge is 2.42. The number of aryl methyl sites for hydroxylation is 3. The van der Waals surface area contributed by atoms with Gasteiger partial charge in [0.1, 0.15) is 12.2 Å². The van der Waals surface area contributed by atoms with Gasteiger partial charge in [0.05, 0.1) is 18.8 Å². The van der Waals surface area contributed by atoms with Crippen LogP contribution < -0.4 is 0 Å². The molecular formula is C14H21N3O4. The molecule has 1 saturated heterocycles. The summed E-state index contributed by atoms with van der Waals surface area (Å²) in [6.45, 7) is 6.82. The molecule has 21 heavy (non-hydrogen) atoms. The number of aliphatic carboxylic acids is 1. The van der Waals surface area contributed by atoms with Crippen molar-refractivity contribution in [3.05, 3.63) is 17.5 Å². The summed E-state index contributed by atoms with van der Waals surface area (Å²) in [5, 5.41) is 12.9. The molecule has 1 N–H and O–H groups in total. The summed E-state index contributed by atoms with van der Waals surface area (Å²) in [5.74, 6) is -0.954. The van der Waals surface area contributed by atoms with E-state index in [-0.39, 0.29) is 12.5 Å². The van der Waals surface area contributed by atoms with Crippen LogP contribution in [0.15, 0.2) is 6.07 Å². The first-order valence-corrected chi connectivity index (χ1v) is 6.94. The van der Waals surface area contributed by atoms with Gasteiger partial charge >= 0.3 is 5.97 Å². The number of rotatable bonds is 6. The Morgan fingerprint density at radius 3 is 2.62 bits per heavy atom. The minimum Gasteiger partial charge on any atom is -0.480 e. The average molecular weight is 295 g/mol. The molecule has 0 atom stereocenters. The number of amides is 1. The maximum absolute atomic E-state index is 12.1. The van der Waals surface area contributed by atoms with Gasteiger partial charge in [0.15, 0.2) is 0 Å². The lowest BCUT2D eigenvalue weighted by Gasteiger charge is -2.47. The van der Waals surface area contributed by atoms with Crippen molar-refractivity contribution in [2.75, 3.05) is 19.7 Å². The summed E-state index contributed by atoms with van der Waals surface area (Å²) < 4.78 is 7.11. The quantitative estimate of drug-likeness (QED) is 0.830. The molecule has 1 aromatic rings. The van der Waals surface area contributed by atoms with Gasteiger partial charge in [-0.2, -0.15) is 5.10 Å². The van der Waals surface area contributed by atoms with Gasteiger partial charge in [-0.1, -0.05) is 0 Å². The highest BCUT2D eigenvalue weighted by atomic mass is 16.5. The van der Waals surface area contributed by atoms with E-state index in [9.17, 15) is 9.59 Å². The fraction of sp³-hybridized carbons (Fsp3) is 0.643. The molecule has 0 radical (unpaired) electrons. The van der Waals surface area contributed by atoms with Crippen molar-refractivity contribution in [2.24, 2.45) is 0 Å². The zero-order chi connectivity index (χ0) is 15.6. The van der Waals surface area contributed by atoms with Gasteiger partial charge in [-0.15, -0.1) is 0 Å². The maximum Gasteiger partial charge on any atom is 0.329 e. The molecule has 1 amide bonds. The molecule has 1 aliphatic rings. The topological polar surface area (TPSA) is 84.7 Å². The third kappa shape index (κ3) is 3.81. The number of nitrogens with zero attached hydrogens (tertiary/aromatic N) is 3. The number of carbonyl (C=O) groups is 2. The molecule has 1 aliphatic heterocycles. The number of hydrogen-bond acceptors (Lipinski definition) is 4. The first kappa shape index (κ1) is 15.5. The molecule has 0 aromatic carbocycles. The molecule has 7 nitrogen and oxygen atoms in total. The van der Waals surface area contributed by atoms with Gasteiger partial charge in [-0.25, -0.2) is 4.79 Å². The summed E-state index contributed by atoms with van der Waals surface area (Å²) in [7, 11) is 0.